The number of benzene rings is 2. The van der Waals surface area contributed by atoms with Crippen LogP contribution in [0.4, 0.5) is 19.0 Å². The normalized spacial score (nSPS) is 11.9. The van der Waals surface area contributed by atoms with Crippen molar-refractivity contribution in [1.82, 2.24) is 34.8 Å². The van der Waals surface area contributed by atoms with Gasteiger partial charge in [-0.05, 0) is 50.6 Å². The smallest absolute Gasteiger partial charge is 0.371 e. The van der Waals surface area contributed by atoms with E-state index >= 15 is 0 Å². The SMILES string of the molecule is CNc1n[nH]c2cc(C)c(-c3nc(C(=O)N(C)Cc4cnn(CC(F)(F)F)c4C)c4cc(C)ccc4n3)cc12. The van der Waals surface area contributed by atoms with Gasteiger partial charge in [0.1, 0.15) is 12.2 Å². The highest BCUT2D eigenvalue weighted by Crippen LogP contribution is 2.31. The number of alkyl halides is 3. The fraction of sp³-hybridized carbons (Fsp3) is 0.296. The fourth-order valence-electron chi connectivity index (χ4n) is 4.61. The Morgan fingerprint density at radius 1 is 1.10 bits per heavy atom. The Labute approximate surface area is 222 Å². The highest BCUT2D eigenvalue weighted by atomic mass is 19.4. The predicted octanol–water partition coefficient (Wildman–Crippen LogP) is 5.17. The second-order valence-corrected chi connectivity index (χ2v) is 9.64. The molecule has 0 spiro atoms. The molecule has 9 nitrogen and oxygen atoms in total. The maximum atomic E-state index is 13.8. The Morgan fingerprint density at radius 3 is 2.59 bits per heavy atom. The van der Waals surface area contributed by atoms with Crippen LogP contribution in [0.1, 0.15) is 32.9 Å². The van der Waals surface area contributed by atoms with E-state index < -0.39 is 12.7 Å². The van der Waals surface area contributed by atoms with Crippen molar-refractivity contribution >= 4 is 33.5 Å². The van der Waals surface area contributed by atoms with Gasteiger partial charge >= 0.3 is 6.18 Å². The summed E-state index contributed by atoms with van der Waals surface area (Å²) < 4.78 is 39.6. The second-order valence-electron chi connectivity index (χ2n) is 9.64. The number of rotatable bonds is 6. The number of aromatic amines is 1. The van der Waals surface area contributed by atoms with Gasteiger partial charge in [-0.15, -0.1) is 0 Å². The maximum Gasteiger partial charge on any atom is 0.408 e. The largest absolute Gasteiger partial charge is 0.408 e. The zero-order valence-electron chi connectivity index (χ0n) is 22.1. The first kappa shape index (κ1) is 26.1. The summed E-state index contributed by atoms with van der Waals surface area (Å²) in [6, 6.07) is 9.52. The summed E-state index contributed by atoms with van der Waals surface area (Å²) in [6.45, 7) is 4.29. The molecule has 3 aromatic heterocycles. The van der Waals surface area contributed by atoms with Crippen LogP contribution in [0.15, 0.2) is 36.5 Å². The first-order valence-electron chi connectivity index (χ1n) is 12.2. The van der Waals surface area contributed by atoms with Crippen molar-refractivity contribution in [3.8, 4) is 11.4 Å². The van der Waals surface area contributed by atoms with Crippen LogP contribution in [-0.4, -0.2) is 61.0 Å². The molecule has 0 fully saturated rings. The Balaban J connectivity index is 1.56. The van der Waals surface area contributed by atoms with Crippen molar-refractivity contribution in [3.63, 3.8) is 0 Å². The lowest BCUT2D eigenvalue weighted by Crippen LogP contribution is -2.28. The topological polar surface area (TPSA) is 105 Å². The van der Waals surface area contributed by atoms with Crippen LogP contribution in [0.5, 0.6) is 0 Å². The Bertz CT molecular complexity index is 1720. The van der Waals surface area contributed by atoms with Crippen molar-refractivity contribution in [2.24, 2.45) is 0 Å². The maximum absolute atomic E-state index is 13.8. The van der Waals surface area contributed by atoms with Crippen LogP contribution >= 0.6 is 0 Å². The monoisotopic (exact) mass is 536 g/mol. The van der Waals surface area contributed by atoms with Gasteiger partial charge in [-0.25, -0.2) is 9.97 Å². The van der Waals surface area contributed by atoms with Crippen LogP contribution in [0.3, 0.4) is 0 Å². The molecular weight excluding hydrogens is 509 g/mol. The molecule has 0 aliphatic rings. The van der Waals surface area contributed by atoms with Gasteiger partial charge in [-0.2, -0.15) is 23.4 Å². The lowest BCUT2D eigenvalue weighted by atomic mass is 10.0. The minimum Gasteiger partial charge on any atom is -0.371 e. The van der Waals surface area contributed by atoms with E-state index in [9.17, 15) is 18.0 Å². The van der Waals surface area contributed by atoms with Gasteiger partial charge in [0.15, 0.2) is 11.6 Å². The number of H-pyrrole nitrogens is 1. The zero-order valence-corrected chi connectivity index (χ0v) is 22.1. The van der Waals surface area contributed by atoms with Gasteiger partial charge in [0.2, 0.25) is 0 Å². The van der Waals surface area contributed by atoms with E-state index in [-0.39, 0.29) is 18.1 Å². The van der Waals surface area contributed by atoms with Crippen molar-refractivity contribution < 1.29 is 18.0 Å². The van der Waals surface area contributed by atoms with Gasteiger partial charge in [-0.3, -0.25) is 14.6 Å². The molecule has 1 amide bonds. The van der Waals surface area contributed by atoms with Gasteiger partial charge < -0.3 is 10.2 Å². The van der Waals surface area contributed by atoms with Gasteiger partial charge in [-0.1, -0.05) is 11.6 Å². The van der Waals surface area contributed by atoms with Crippen LogP contribution in [0, 0.1) is 20.8 Å². The van der Waals surface area contributed by atoms with Crippen LogP contribution in [0.25, 0.3) is 33.2 Å². The molecule has 0 saturated heterocycles. The van der Waals surface area contributed by atoms with Gasteiger partial charge in [0, 0.05) is 48.2 Å². The number of nitrogens with one attached hydrogen (secondary N) is 2. The van der Waals surface area contributed by atoms with E-state index in [2.05, 4.69) is 20.6 Å². The number of aryl methyl sites for hydroxylation is 2. The zero-order chi connectivity index (χ0) is 28.1. The third-order valence-electron chi connectivity index (χ3n) is 6.73. The second kappa shape index (κ2) is 9.68. The molecule has 3 heterocycles. The summed E-state index contributed by atoms with van der Waals surface area (Å²) in [5.74, 6) is 0.690. The average molecular weight is 537 g/mol. The number of fused-ring (bicyclic) bond motifs is 2. The lowest BCUT2D eigenvalue weighted by molar-refractivity contribution is -0.142. The predicted molar refractivity (Wildman–Crippen MR) is 142 cm³/mol. The van der Waals surface area contributed by atoms with E-state index in [1.807, 2.05) is 44.2 Å². The highest BCUT2D eigenvalue weighted by Gasteiger charge is 2.30. The minimum atomic E-state index is -4.39. The minimum absolute atomic E-state index is 0.0701. The summed E-state index contributed by atoms with van der Waals surface area (Å²) in [5.41, 5.74) is 5.14. The number of hydrogen-bond acceptors (Lipinski definition) is 6. The molecule has 202 valence electrons. The Morgan fingerprint density at radius 2 is 1.87 bits per heavy atom. The van der Waals surface area contributed by atoms with E-state index in [1.165, 1.54) is 11.1 Å². The molecule has 0 atom stereocenters. The van der Waals surface area contributed by atoms with Gasteiger partial charge in [0.05, 0.1) is 17.2 Å². The average Bonchev–Trinajstić information content (AvgIpc) is 3.43. The van der Waals surface area contributed by atoms with Crippen LogP contribution in [-0.2, 0) is 13.1 Å². The molecule has 39 heavy (non-hydrogen) atoms. The van der Waals surface area contributed by atoms with E-state index in [0.717, 1.165) is 32.3 Å². The third-order valence-corrected chi connectivity index (χ3v) is 6.73. The molecular formula is C27H27F3N8O. The summed E-state index contributed by atoms with van der Waals surface area (Å²) in [7, 11) is 3.37. The van der Waals surface area contributed by atoms with Crippen molar-refractivity contribution in [2.75, 3.05) is 19.4 Å². The summed E-state index contributed by atoms with van der Waals surface area (Å²) in [5, 5.41) is 15.7. The number of anilines is 1. The first-order valence-corrected chi connectivity index (χ1v) is 12.2. The molecule has 5 rings (SSSR count). The molecule has 0 saturated carbocycles. The molecule has 0 aliphatic carbocycles. The number of nitrogens with zero attached hydrogens (tertiary/aromatic N) is 6. The third kappa shape index (κ3) is 5.01. The van der Waals surface area contributed by atoms with E-state index in [0.29, 0.717) is 33.8 Å². The standard InChI is InChI=1S/C27H27F3N8O/c1-14-6-7-21-19(8-14)23(26(39)37(5)12-17-11-32-38(16(17)3)13-27(28,29)30)34-25(33-21)18-10-20-22(9-15(18)2)35-36-24(20)31-4/h6-11H,12-13H2,1-5H3,(H2,31,35,36). The quantitative estimate of drug-likeness (QED) is 0.310. The number of aromatic nitrogens is 6. The summed E-state index contributed by atoms with van der Waals surface area (Å²) in [6.07, 6.45) is -3.03. The van der Waals surface area contributed by atoms with E-state index in [1.54, 1.807) is 21.0 Å². The van der Waals surface area contributed by atoms with Crippen molar-refractivity contribution in [3.05, 3.63) is 64.6 Å². The Hall–Kier alpha value is -4.48. The molecule has 2 N–H and O–H groups in total. The molecule has 5 aromatic rings. The number of amides is 1. The number of carbonyl (C=O) groups excluding carboxylic acids is 1. The number of halogens is 3. The van der Waals surface area contributed by atoms with Crippen molar-refractivity contribution in [1.29, 1.82) is 0 Å². The molecule has 0 unspecified atom stereocenters. The van der Waals surface area contributed by atoms with Crippen LogP contribution in [0.2, 0.25) is 0 Å². The number of carbonyl (C=O) groups is 1. The lowest BCUT2D eigenvalue weighted by Gasteiger charge is -2.19. The van der Waals surface area contributed by atoms with Crippen LogP contribution < -0.4 is 5.32 Å². The Kier molecular flexibility index (Phi) is 6.49. The molecule has 12 heteroatoms. The number of hydrogen-bond donors (Lipinski definition) is 2. The highest BCUT2D eigenvalue weighted by molar-refractivity contribution is 6.05. The first-order chi connectivity index (χ1) is 18.4. The van der Waals surface area contributed by atoms with E-state index in [4.69, 9.17) is 9.97 Å². The van der Waals surface area contributed by atoms with Gasteiger partial charge in [0.25, 0.3) is 5.91 Å². The summed E-state index contributed by atoms with van der Waals surface area (Å²) >= 11 is 0. The molecule has 2 aromatic carbocycles. The molecule has 0 radical (unpaired) electrons. The molecule has 0 aliphatic heterocycles. The fourth-order valence-corrected chi connectivity index (χ4v) is 4.61. The van der Waals surface area contributed by atoms with Crippen molar-refractivity contribution in [2.45, 2.75) is 40.0 Å². The molecule has 0 bridgehead atoms. The summed E-state index contributed by atoms with van der Waals surface area (Å²) in [4.78, 5) is 24.7.